The fourth-order valence-corrected chi connectivity index (χ4v) is 3.90. The number of nitrogens with one attached hydrogen (secondary N) is 1. The van der Waals surface area contributed by atoms with Crippen LogP contribution in [0, 0.1) is 0 Å². The zero-order chi connectivity index (χ0) is 19.8. The lowest BCUT2D eigenvalue weighted by atomic mass is 10.1. The van der Waals surface area contributed by atoms with Crippen molar-refractivity contribution in [2.75, 3.05) is 20.1 Å². The van der Waals surface area contributed by atoms with Gasteiger partial charge >= 0.3 is 6.18 Å². The minimum Gasteiger partial charge on any atom is -0.530 e. The van der Waals surface area contributed by atoms with Crippen LogP contribution in [-0.2, 0) is 6.18 Å². The Kier molecular flexibility index (Phi) is 5.13. The quantitative estimate of drug-likeness (QED) is 0.846. The molecule has 0 aliphatic carbocycles. The SMILES string of the molecule is CNC(=O)c1csc2c(C(F)(F)F)cc(OC3CCN(C(=O)[O-])CC3)nc12. The fraction of sp³-hybridized carbons (Fsp3) is 0.438. The van der Waals surface area contributed by atoms with E-state index in [0.29, 0.717) is 12.8 Å². The first-order valence-electron chi connectivity index (χ1n) is 8.04. The van der Waals surface area contributed by atoms with E-state index < -0.39 is 29.8 Å². The molecule has 7 nitrogen and oxygen atoms in total. The molecule has 3 rings (SSSR count). The third kappa shape index (κ3) is 3.92. The van der Waals surface area contributed by atoms with E-state index in [1.54, 1.807) is 0 Å². The van der Waals surface area contributed by atoms with E-state index in [0.717, 1.165) is 22.3 Å². The van der Waals surface area contributed by atoms with Crippen molar-refractivity contribution in [3.63, 3.8) is 0 Å². The van der Waals surface area contributed by atoms with Crippen LogP contribution in [0.4, 0.5) is 18.0 Å². The highest BCUT2D eigenvalue weighted by atomic mass is 32.1. The predicted molar refractivity (Wildman–Crippen MR) is 88.6 cm³/mol. The highest BCUT2D eigenvalue weighted by Crippen LogP contribution is 2.40. The summed E-state index contributed by atoms with van der Waals surface area (Å²) < 4.78 is 45.8. The number of rotatable bonds is 3. The first-order chi connectivity index (χ1) is 12.7. The predicted octanol–water partition coefficient (Wildman–Crippen LogP) is 1.86. The Morgan fingerprint density at radius 2 is 2.04 bits per heavy atom. The number of pyridine rings is 1. The molecule has 0 bridgehead atoms. The Labute approximate surface area is 155 Å². The number of fused-ring (bicyclic) bond motifs is 1. The number of carbonyl (C=O) groups excluding carboxylic acids is 2. The van der Waals surface area contributed by atoms with Crippen LogP contribution in [0.15, 0.2) is 11.4 Å². The van der Waals surface area contributed by atoms with E-state index in [9.17, 15) is 27.9 Å². The van der Waals surface area contributed by atoms with Gasteiger partial charge in [0.1, 0.15) is 12.2 Å². The lowest BCUT2D eigenvalue weighted by molar-refractivity contribution is -0.266. The number of hydrogen-bond donors (Lipinski definition) is 1. The summed E-state index contributed by atoms with van der Waals surface area (Å²) in [6.07, 6.45) is -5.79. The van der Waals surface area contributed by atoms with Crippen molar-refractivity contribution in [2.24, 2.45) is 0 Å². The monoisotopic (exact) mass is 402 g/mol. The summed E-state index contributed by atoms with van der Waals surface area (Å²) >= 11 is 0.792. The molecule has 11 heteroatoms. The number of nitrogens with zero attached hydrogens (tertiary/aromatic N) is 2. The molecule has 1 N–H and O–H groups in total. The molecule has 2 amide bonds. The Morgan fingerprint density at radius 1 is 1.37 bits per heavy atom. The normalized spacial score (nSPS) is 15.8. The summed E-state index contributed by atoms with van der Waals surface area (Å²) in [4.78, 5) is 28.0. The van der Waals surface area contributed by atoms with Crippen molar-refractivity contribution >= 4 is 33.6 Å². The third-order valence-electron chi connectivity index (χ3n) is 4.26. The molecular weight excluding hydrogens is 387 g/mol. The van der Waals surface area contributed by atoms with Crippen molar-refractivity contribution in [1.82, 2.24) is 15.2 Å². The number of alkyl halides is 3. The lowest BCUT2D eigenvalue weighted by Gasteiger charge is -2.33. The largest absolute Gasteiger partial charge is 0.530 e. The lowest BCUT2D eigenvalue weighted by Crippen LogP contribution is -2.47. The van der Waals surface area contributed by atoms with Crippen LogP contribution >= 0.6 is 11.3 Å². The number of piperidine rings is 1. The van der Waals surface area contributed by atoms with Crippen LogP contribution in [0.25, 0.3) is 10.2 Å². The van der Waals surface area contributed by atoms with Crippen molar-refractivity contribution in [1.29, 1.82) is 0 Å². The molecule has 0 spiro atoms. The summed E-state index contributed by atoms with van der Waals surface area (Å²) in [5.41, 5.74) is -0.952. The van der Waals surface area contributed by atoms with Crippen LogP contribution in [0.2, 0.25) is 0 Å². The van der Waals surface area contributed by atoms with E-state index >= 15 is 0 Å². The molecule has 0 unspecified atom stereocenters. The van der Waals surface area contributed by atoms with Gasteiger partial charge in [-0.25, -0.2) is 4.98 Å². The summed E-state index contributed by atoms with van der Waals surface area (Å²) in [7, 11) is 1.38. The van der Waals surface area contributed by atoms with E-state index in [4.69, 9.17) is 4.74 Å². The van der Waals surface area contributed by atoms with E-state index in [1.165, 1.54) is 12.4 Å². The summed E-state index contributed by atoms with van der Waals surface area (Å²) in [6, 6.07) is 0.817. The highest BCUT2D eigenvalue weighted by Gasteiger charge is 2.36. The molecule has 146 valence electrons. The van der Waals surface area contributed by atoms with Gasteiger partial charge in [0, 0.05) is 44.4 Å². The van der Waals surface area contributed by atoms with Crippen LogP contribution in [0.5, 0.6) is 5.88 Å². The van der Waals surface area contributed by atoms with Crippen molar-refractivity contribution < 1.29 is 32.6 Å². The van der Waals surface area contributed by atoms with Crippen LogP contribution in [-0.4, -0.2) is 48.1 Å². The number of carboxylic acid groups (broad SMARTS) is 1. The highest BCUT2D eigenvalue weighted by molar-refractivity contribution is 7.17. The molecule has 1 saturated heterocycles. The summed E-state index contributed by atoms with van der Waals surface area (Å²) in [5.74, 6) is -0.786. The maximum Gasteiger partial charge on any atom is 0.418 e. The zero-order valence-corrected chi connectivity index (χ0v) is 14.9. The number of hydrogen-bond acceptors (Lipinski definition) is 6. The average Bonchev–Trinajstić information content (AvgIpc) is 3.03. The van der Waals surface area contributed by atoms with E-state index in [1.807, 2.05) is 0 Å². The standard InChI is InChI=1S/C16H16F3N3O4S/c1-20-14(23)9-7-27-13-10(16(17,18)19)6-11(21-12(9)13)26-8-2-4-22(5-3-8)15(24)25/h6-8H,2-5H2,1H3,(H,20,23)(H,24,25)/p-1. The molecule has 3 heterocycles. The Morgan fingerprint density at radius 3 is 2.59 bits per heavy atom. The number of thiophene rings is 1. The molecule has 1 fully saturated rings. The second kappa shape index (κ2) is 7.22. The van der Waals surface area contributed by atoms with Gasteiger partial charge < -0.3 is 24.9 Å². The zero-order valence-electron chi connectivity index (χ0n) is 14.1. The molecule has 0 saturated carbocycles. The van der Waals surface area contributed by atoms with Gasteiger partial charge in [-0.2, -0.15) is 13.2 Å². The minimum absolute atomic E-state index is 0.0419. The molecular formula is C16H15F3N3O4S-. The first-order valence-corrected chi connectivity index (χ1v) is 8.92. The van der Waals surface area contributed by atoms with Crippen molar-refractivity contribution in [2.45, 2.75) is 25.1 Å². The molecule has 27 heavy (non-hydrogen) atoms. The minimum atomic E-state index is -4.64. The summed E-state index contributed by atoms with van der Waals surface area (Å²) in [6.45, 7) is 0.340. The van der Waals surface area contributed by atoms with Crippen LogP contribution < -0.4 is 15.2 Å². The Hall–Kier alpha value is -2.56. The molecule has 0 aromatic carbocycles. The molecule has 1 aliphatic heterocycles. The van der Waals surface area contributed by atoms with Gasteiger partial charge in [-0.15, -0.1) is 11.3 Å². The van der Waals surface area contributed by atoms with Gasteiger partial charge in [-0.05, 0) is 0 Å². The maximum atomic E-state index is 13.5. The molecule has 0 radical (unpaired) electrons. The number of likely N-dealkylation sites (tertiary alicyclic amines) is 1. The fourth-order valence-electron chi connectivity index (χ4n) is 2.88. The number of ether oxygens (including phenoxy) is 1. The molecule has 0 atom stereocenters. The van der Waals surface area contributed by atoms with E-state index in [-0.39, 0.29) is 34.7 Å². The number of aromatic nitrogens is 1. The topological polar surface area (TPSA) is 94.6 Å². The molecule has 2 aromatic rings. The van der Waals surface area contributed by atoms with Gasteiger partial charge in [0.2, 0.25) is 5.88 Å². The van der Waals surface area contributed by atoms with Crippen molar-refractivity contribution in [3.8, 4) is 5.88 Å². The van der Waals surface area contributed by atoms with Gasteiger partial charge in [0.05, 0.1) is 21.3 Å². The molecule has 1 aliphatic rings. The van der Waals surface area contributed by atoms with Gasteiger partial charge in [0.25, 0.3) is 5.91 Å². The Balaban J connectivity index is 1.93. The van der Waals surface area contributed by atoms with Gasteiger partial charge in [-0.3, -0.25) is 4.79 Å². The summed E-state index contributed by atoms with van der Waals surface area (Å²) in [5, 5.41) is 14.5. The third-order valence-corrected chi connectivity index (χ3v) is 5.27. The smallest absolute Gasteiger partial charge is 0.418 e. The number of amides is 2. The number of carbonyl (C=O) groups is 2. The van der Waals surface area contributed by atoms with E-state index in [2.05, 4.69) is 10.3 Å². The second-order valence-electron chi connectivity index (χ2n) is 5.98. The van der Waals surface area contributed by atoms with Crippen molar-refractivity contribution in [3.05, 3.63) is 22.6 Å². The van der Waals surface area contributed by atoms with Crippen LogP contribution in [0.1, 0.15) is 28.8 Å². The van der Waals surface area contributed by atoms with Gasteiger partial charge in [0.15, 0.2) is 0 Å². The first kappa shape index (κ1) is 19.2. The molecule has 2 aromatic heterocycles. The average molecular weight is 402 g/mol. The maximum absolute atomic E-state index is 13.5. The Bertz CT molecular complexity index is 876. The second-order valence-corrected chi connectivity index (χ2v) is 6.86. The van der Waals surface area contributed by atoms with Gasteiger partial charge in [-0.1, -0.05) is 0 Å². The number of halogens is 3. The van der Waals surface area contributed by atoms with Crippen LogP contribution in [0.3, 0.4) is 0 Å².